The van der Waals surface area contributed by atoms with Gasteiger partial charge in [-0.15, -0.1) is 0 Å². The average molecular weight is 347 g/mol. The highest BCUT2D eigenvalue weighted by molar-refractivity contribution is 6.33. The van der Waals surface area contributed by atoms with Gasteiger partial charge >= 0.3 is 18.2 Å². The lowest BCUT2D eigenvalue weighted by Crippen LogP contribution is -2.28. The smallest absolute Gasteiger partial charge is 0.416 e. The van der Waals surface area contributed by atoms with Crippen LogP contribution in [0.1, 0.15) is 31.9 Å². The molecule has 0 aliphatic heterocycles. The van der Waals surface area contributed by atoms with Crippen LogP contribution in [0.2, 0.25) is 0 Å². The van der Waals surface area contributed by atoms with Crippen LogP contribution in [0.3, 0.4) is 0 Å². The van der Waals surface area contributed by atoms with Gasteiger partial charge in [0.2, 0.25) is 5.78 Å². The second kappa shape index (κ2) is 6.90. The molecular formula is C15H16F3NO5. The molecule has 1 aromatic carbocycles. The van der Waals surface area contributed by atoms with Gasteiger partial charge in [0.15, 0.2) is 0 Å². The van der Waals surface area contributed by atoms with E-state index in [-0.39, 0.29) is 11.3 Å². The summed E-state index contributed by atoms with van der Waals surface area (Å²) in [6.07, 6.45) is -6.36. The number of anilines is 1. The normalized spacial score (nSPS) is 11.8. The lowest BCUT2D eigenvalue weighted by Gasteiger charge is -2.21. The molecule has 0 aliphatic rings. The molecule has 6 nitrogen and oxygen atoms in total. The quantitative estimate of drug-likeness (QED) is 0.816. The molecule has 0 spiro atoms. The summed E-state index contributed by atoms with van der Waals surface area (Å²) in [5, 5.41) is 10.7. The molecule has 0 radical (unpaired) electrons. The minimum Gasteiger partial charge on any atom is -0.475 e. The molecule has 0 heterocycles. The summed E-state index contributed by atoms with van der Waals surface area (Å²) in [5.74, 6) is -2.94. The number of rotatable bonds is 4. The second-order valence-corrected chi connectivity index (χ2v) is 5.90. The molecule has 24 heavy (non-hydrogen) atoms. The maximum atomic E-state index is 12.8. The van der Waals surface area contributed by atoms with Crippen molar-refractivity contribution in [3.63, 3.8) is 0 Å². The summed E-state index contributed by atoms with van der Waals surface area (Å²) in [7, 11) is 0. The standard InChI is InChI=1S/C15H16F3NO5/c1-14(2,3)24-13(23)19-10-7-9(15(16,17)18)5-4-8(10)6-11(20)12(21)22/h4-5,7H,6H2,1-3H3,(H,19,23)(H,21,22). The van der Waals surface area contributed by atoms with Crippen molar-refractivity contribution >= 4 is 23.5 Å². The third kappa shape index (κ3) is 5.90. The number of hydrogen-bond donors (Lipinski definition) is 2. The van der Waals surface area contributed by atoms with E-state index in [1.54, 1.807) is 20.8 Å². The zero-order chi connectivity index (χ0) is 18.7. The summed E-state index contributed by atoms with van der Waals surface area (Å²) in [6.45, 7) is 4.69. The number of carboxylic acids is 1. The molecule has 1 rings (SSSR count). The van der Waals surface area contributed by atoms with E-state index in [9.17, 15) is 27.6 Å². The Bertz CT molecular complexity index is 662. The molecule has 0 saturated heterocycles. The molecule has 0 atom stereocenters. The number of hydrogen-bond acceptors (Lipinski definition) is 4. The molecule has 0 bridgehead atoms. The topological polar surface area (TPSA) is 92.7 Å². The number of benzene rings is 1. The van der Waals surface area contributed by atoms with Crippen molar-refractivity contribution in [1.82, 2.24) is 0 Å². The minimum absolute atomic E-state index is 0.0683. The summed E-state index contributed by atoms with van der Waals surface area (Å²) in [6, 6.07) is 2.26. The fourth-order valence-corrected chi connectivity index (χ4v) is 1.69. The predicted molar refractivity (Wildman–Crippen MR) is 77.6 cm³/mol. The third-order valence-corrected chi connectivity index (χ3v) is 2.66. The molecular weight excluding hydrogens is 331 g/mol. The van der Waals surface area contributed by atoms with Crippen LogP contribution in [0.25, 0.3) is 0 Å². The number of carbonyl (C=O) groups excluding carboxylic acids is 2. The van der Waals surface area contributed by atoms with Gasteiger partial charge in [0.25, 0.3) is 0 Å². The highest BCUT2D eigenvalue weighted by atomic mass is 19.4. The van der Waals surface area contributed by atoms with Crippen molar-refractivity contribution < 1.29 is 37.4 Å². The van der Waals surface area contributed by atoms with Gasteiger partial charge in [-0.25, -0.2) is 9.59 Å². The fourth-order valence-electron chi connectivity index (χ4n) is 1.69. The van der Waals surface area contributed by atoms with Gasteiger partial charge in [-0.2, -0.15) is 13.2 Å². The van der Waals surface area contributed by atoms with Gasteiger partial charge in [-0.1, -0.05) is 6.07 Å². The Labute approximate surface area is 135 Å². The summed E-state index contributed by atoms with van der Waals surface area (Å²) in [5.41, 5.74) is -2.35. The highest BCUT2D eigenvalue weighted by Crippen LogP contribution is 2.32. The van der Waals surface area contributed by atoms with Crippen molar-refractivity contribution in [3.8, 4) is 0 Å². The van der Waals surface area contributed by atoms with Crippen molar-refractivity contribution in [2.24, 2.45) is 0 Å². The van der Waals surface area contributed by atoms with Crippen LogP contribution in [-0.4, -0.2) is 28.6 Å². The molecule has 1 aromatic rings. The van der Waals surface area contributed by atoms with E-state index < -0.39 is 41.6 Å². The first kappa shape index (κ1) is 19.5. The number of ketones is 1. The number of Topliss-reactive ketones (excluding diaryl/α,β-unsaturated/α-hetero) is 1. The first-order valence-corrected chi connectivity index (χ1v) is 6.76. The predicted octanol–water partition coefficient (Wildman–Crippen LogP) is 3.25. The van der Waals surface area contributed by atoms with E-state index in [0.717, 1.165) is 6.07 Å². The van der Waals surface area contributed by atoms with Crippen molar-refractivity contribution in [2.45, 2.75) is 39.0 Å². The van der Waals surface area contributed by atoms with E-state index in [1.807, 2.05) is 0 Å². The van der Waals surface area contributed by atoms with Crippen LogP contribution in [-0.2, 0) is 26.9 Å². The number of ether oxygens (including phenoxy) is 1. The molecule has 1 amide bonds. The molecule has 0 unspecified atom stereocenters. The minimum atomic E-state index is -4.67. The lowest BCUT2D eigenvalue weighted by molar-refractivity contribution is -0.148. The van der Waals surface area contributed by atoms with Gasteiger partial charge in [-0.3, -0.25) is 10.1 Å². The molecule has 9 heteroatoms. The number of halogens is 3. The Morgan fingerprint density at radius 1 is 1.17 bits per heavy atom. The summed E-state index contributed by atoms with van der Waals surface area (Å²) < 4.78 is 43.3. The Hall–Kier alpha value is -2.58. The lowest BCUT2D eigenvalue weighted by atomic mass is 10.0. The van der Waals surface area contributed by atoms with Crippen LogP contribution < -0.4 is 5.32 Å². The van der Waals surface area contributed by atoms with Crippen molar-refractivity contribution in [1.29, 1.82) is 0 Å². The number of carboxylic acid groups (broad SMARTS) is 1. The monoisotopic (exact) mass is 347 g/mol. The van der Waals surface area contributed by atoms with Crippen LogP contribution >= 0.6 is 0 Å². The number of alkyl halides is 3. The Morgan fingerprint density at radius 2 is 1.75 bits per heavy atom. The summed E-state index contributed by atoms with van der Waals surface area (Å²) >= 11 is 0. The van der Waals surface area contributed by atoms with Gasteiger partial charge in [-0.05, 0) is 38.5 Å². The molecule has 0 aliphatic carbocycles. The Kier molecular flexibility index (Phi) is 5.59. The Balaban J connectivity index is 3.17. The van der Waals surface area contributed by atoms with E-state index in [1.165, 1.54) is 0 Å². The maximum absolute atomic E-state index is 12.8. The highest BCUT2D eigenvalue weighted by Gasteiger charge is 2.31. The van der Waals surface area contributed by atoms with Crippen molar-refractivity contribution in [2.75, 3.05) is 5.32 Å². The SMILES string of the molecule is CC(C)(C)OC(=O)Nc1cc(C(F)(F)F)ccc1CC(=O)C(=O)O. The fraction of sp³-hybridized carbons (Fsp3) is 0.400. The molecule has 2 N–H and O–H groups in total. The Morgan fingerprint density at radius 3 is 2.21 bits per heavy atom. The summed E-state index contributed by atoms with van der Waals surface area (Å²) in [4.78, 5) is 33.6. The molecule has 0 saturated carbocycles. The first-order valence-electron chi connectivity index (χ1n) is 6.76. The van der Waals surface area contributed by atoms with Gasteiger partial charge in [0, 0.05) is 12.1 Å². The first-order chi connectivity index (χ1) is 10.8. The number of nitrogens with one attached hydrogen (secondary N) is 1. The van der Waals surface area contributed by atoms with Crippen LogP contribution in [0.5, 0.6) is 0 Å². The molecule has 132 valence electrons. The molecule has 0 aromatic heterocycles. The third-order valence-electron chi connectivity index (χ3n) is 2.66. The zero-order valence-corrected chi connectivity index (χ0v) is 13.2. The van der Waals surface area contributed by atoms with E-state index in [4.69, 9.17) is 9.84 Å². The van der Waals surface area contributed by atoms with Crippen LogP contribution in [0, 0.1) is 0 Å². The van der Waals surface area contributed by atoms with Crippen molar-refractivity contribution in [3.05, 3.63) is 29.3 Å². The van der Waals surface area contributed by atoms with Gasteiger partial charge < -0.3 is 9.84 Å². The van der Waals surface area contributed by atoms with Gasteiger partial charge in [0.05, 0.1) is 5.56 Å². The number of carbonyl (C=O) groups is 3. The van der Waals surface area contributed by atoms with E-state index >= 15 is 0 Å². The largest absolute Gasteiger partial charge is 0.475 e. The number of aliphatic carboxylic acids is 1. The van der Waals surface area contributed by atoms with Crippen LogP contribution in [0.15, 0.2) is 18.2 Å². The van der Waals surface area contributed by atoms with E-state index in [0.29, 0.717) is 12.1 Å². The maximum Gasteiger partial charge on any atom is 0.416 e. The average Bonchev–Trinajstić information content (AvgIpc) is 2.36. The number of amides is 1. The van der Waals surface area contributed by atoms with Gasteiger partial charge in [0.1, 0.15) is 5.60 Å². The second-order valence-electron chi connectivity index (χ2n) is 5.90. The van der Waals surface area contributed by atoms with Crippen LogP contribution in [0.4, 0.5) is 23.7 Å². The molecule has 0 fully saturated rings. The van der Waals surface area contributed by atoms with E-state index in [2.05, 4.69) is 5.32 Å². The zero-order valence-electron chi connectivity index (χ0n) is 13.2.